The average molecular weight is 408 g/mol. The van der Waals surface area contributed by atoms with E-state index in [1.54, 1.807) is 31.1 Å². The van der Waals surface area contributed by atoms with Crippen LogP contribution in [0.1, 0.15) is 25.3 Å². The van der Waals surface area contributed by atoms with Gasteiger partial charge in [-0.05, 0) is 42.9 Å². The molecule has 2 aromatic rings. The van der Waals surface area contributed by atoms with E-state index in [4.69, 9.17) is 21.3 Å². The molecule has 1 fully saturated rings. The Hall–Kier alpha value is -1.79. The minimum atomic E-state index is -0.303. The number of thioether (sulfide) groups is 1. The number of methoxy groups -OCH3 is 1. The van der Waals surface area contributed by atoms with Crippen LogP contribution in [0.15, 0.2) is 41.5 Å². The molecule has 0 aliphatic carbocycles. The number of rotatable bonds is 4. The van der Waals surface area contributed by atoms with Crippen LogP contribution in [-0.2, 0) is 5.41 Å². The Balaban J connectivity index is 1.85. The zero-order valence-corrected chi connectivity index (χ0v) is 17.3. The molecule has 4 nitrogen and oxygen atoms in total. The summed E-state index contributed by atoms with van der Waals surface area (Å²) in [5.74, 6) is 0.264. The van der Waals surface area contributed by atoms with Gasteiger partial charge in [0.15, 0.2) is 5.17 Å². The second-order valence-corrected chi connectivity index (χ2v) is 7.77. The maximum Gasteiger partial charge on any atom is 0.213 e. The van der Waals surface area contributed by atoms with Crippen molar-refractivity contribution in [2.24, 2.45) is 4.99 Å². The van der Waals surface area contributed by atoms with E-state index >= 15 is 0 Å². The Labute approximate surface area is 168 Å². The number of aromatic nitrogens is 1. The molecular formula is C20H23ClFN3OS. The van der Waals surface area contributed by atoms with Gasteiger partial charge >= 0.3 is 0 Å². The van der Waals surface area contributed by atoms with E-state index in [1.165, 1.54) is 12.1 Å². The minimum absolute atomic E-state index is 0.0978. The first-order chi connectivity index (χ1) is 13.0. The summed E-state index contributed by atoms with van der Waals surface area (Å²) in [6.45, 7) is 3.84. The van der Waals surface area contributed by atoms with E-state index < -0.39 is 0 Å². The van der Waals surface area contributed by atoms with Gasteiger partial charge in [-0.2, -0.15) is 0 Å². The number of aliphatic imine (C=N–C) groups is 1. The van der Waals surface area contributed by atoms with Gasteiger partial charge in [-0.25, -0.2) is 14.4 Å². The third kappa shape index (κ3) is 4.22. The Bertz CT molecular complexity index is 830. The van der Waals surface area contributed by atoms with E-state index in [0.717, 1.165) is 42.3 Å². The van der Waals surface area contributed by atoms with Gasteiger partial charge in [-0.3, -0.25) is 0 Å². The minimum Gasteiger partial charge on any atom is -0.481 e. The number of hydrogen-bond donors (Lipinski definition) is 0. The first-order valence-corrected chi connectivity index (χ1v) is 10.4. The zero-order chi connectivity index (χ0) is 19.4. The molecule has 1 aromatic heterocycles. The van der Waals surface area contributed by atoms with Gasteiger partial charge in [0.1, 0.15) is 5.82 Å². The van der Waals surface area contributed by atoms with Crippen molar-refractivity contribution in [3.63, 3.8) is 0 Å². The summed E-state index contributed by atoms with van der Waals surface area (Å²) in [5.41, 5.74) is 1.70. The number of benzene rings is 1. The largest absolute Gasteiger partial charge is 0.481 e. The first kappa shape index (κ1) is 20.0. The summed E-state index contributed by atoms with van der Waals surface area (Å²) in [4.78, 5) is 11.2. The Kier molecular flexibility index (Phi) is 6.27. The van der Waals surface area contributed by atoms with E-state index in [9.17, 15) is 4.39 Å². The van der Waals surface area contributed by atoms with Crippen molar-refractivity contribution >= 4 is 34.2 Å². The highest BCUT2D eigenvalue weighted by Crippen LogP contribution is 2.42. The van der Waals surface area contributed by atoms with Gasteiger partial charge in [0.25, 0.3) is 0 Å². The number of amidine groups is 1. The number of halogens is 2. The Morgan fingerprint density at radius 2 is 2.22 bits per heavy atom. The smallest absolute Gasteiger partial charge is 0.213 e. The highest BCUT2D eigenvalue weighted by atomic mass is 35.5. The molecule has 3 rings (SSSR count). The Morgan fingerprint density at radius 1 is 1.41 bits per heavy atom. The topological polar surface area (TPSA) is 37.7 Å². The molecule has 2 heterocycles. The summed E-state index contributed by atoms with van der Waals surface area (Å²) in [6.07, 6.45) is 5.61. The molecule has 1 atom stereocenters. The third-order valence-corrected chi connectivity index (χ3v) is 6.17. The predicted molar refractivity (Wildman–Crippen MR) is 111 cm³/mol. The lowest BCUT2D eigenvalue weighted by molar-refractivity contribution is 0.398. The molecule has 7 heteroatoms. The molecule has 27 heavy (non-hydrogen) atoms. The second kappa shape index (κ2) is 8.48. The molecule has 1 aromatic carbocycles. The normalized spacial score (nSPS) is 20.2. The summed E-state index contributed by atoms with van der Waals surface area (Å²) in [5, 5.41) is 1.44. The molecule has 1 aliphatic heterocycles. The van der Waals surface area contributed by atoms with Gasteiger partial charge in [-0.15, -0.1) is 0 Å². The maximum atomic E-state index is 13.5. The standard InChI is InChI=1S/C20H23ClFN3OS/c1-4-20(16-7-5-14(22)11-17(16)21)9-10-25(13-20)19(27-3)24-15-6-8-18(26-2)23-12-15/h5-8,11-12H,4,9-10,13H2,1-3H3/b24-19+/t20-/m1/s1. The van der Waals surface area contributed by atoms with Gasteiger partial charge in [0.2, 0.25) is 5.88 Å². The number of ether oxygens (including phenoxy) is 1. The predicted octanol–water partition coefficient (Wildman–Crippen LogP) is 5.29. The van der Waals surface area contributed by atoms with Crippen molar-refractivity contribution in [3.8, 4) is 5.88 Å². The fraction of sp³-hybridized carbons (Fsp3) is 0.400. The van der Waals surface area contributed by atoms with Crippen molar-refractivity contribution in [2.45, 2.75) is 25.2 Å². The van der Waals surface area contributed by atoms with E-state index in [0.29, 0.717) is 10.9 Å². The van der Waals surface area contributed by atoms with Crippen LogP contribution in [0.2, 0.25) is 5.02 Å². The van der Waals surface area contributed by atoms with Crippen LogP contribution >= 0.6 is 23.4 Å². The number of likely N-dealkylation sites (tertiary alicyclic amines) is 1. The molecule has 0 N–H and O–H groups in total. The third-order valence-electron chi connectivity index (χ3n) is 5.14. The van der Waals surface area contributed by atoms with Crippen LogP contribution in [0.25, 0.3) is 0 Å². The summed E-state index contributed by atoms with van der Waals surface area (Å²) in [6, 6.07) is 8.42. The van der Waals surface area contributed by atoms with Crippen LogP contribution in [0.5, 0.6) is 5.88 Å². The van der Waals surface area contributed by atoms with Crippen molar-refractivity contribution < 1.29 is 9.13 Å². The van der Waals surface area contributed by atoms with Crippen LogP contribution in [0, 0.1) is 5.82 Å². The van der Waals surface area contributed by atoms with Crippen LogP contribution in [0.3, 0.4) is 0 Å². The lowest BCUT2D eigenvalue weighted by Crippen LogP contribution is -2.33. The average Bonchev–Trinajstić information content (AvgIpc) is 3.12. The Morgan fingerprint density at radius 3 is 2.81 bits per heavy atom. The maximum absolute atomic E-state index is 13.5. The monoisotopic (exact) mass is 407 g/mol. The van der Waals surface area contributed by atoms with E-state index in [-0.39, 0.29) is 11.2 Å². The number of pyridine rings is 1. The lowest BCUT2D eigenvalue weighted by atomic mass is 9.77. The van der Waals surface area contributed by atoms with Crippen molar-refractivity contribution in [1.29, 1.82) is 0 Å². The summed E-state index contributed by atoms with van der Waals surface area (Å²) < 4.78 is 18.6. The lowest BCUT2D eigenvalue weighted by Gasteiger charge is -2.30. The molecule has 0 bridgehead atoms. The van der Waals surface area contributed by atoms with E-state index in [1.807, 2.05) is 18.4 Å². The van der Waals surface area contributed by atoms with Crippen molar-refractivity contribution in [2.75, 3.05) is 26.5 Å². The van der Waals surface area contributed by atoms with Gasteiger partial charge in [-0.1, -0.05) is 36.4 Å². The van der Waals surface area contributed by atoms with Crippen LogP contribution in [0.4, 0.5) is 10.1 Å². The SMILES string of the molecule is CC[C@@]1(c2ccc(F)cc2Cl)CCN(/C(=N\c2ccc(OC)nc2)SC)C1. The summed E-state index contributed by atoms with van der Waals surface area (Å²) >= 11 is 7.99. The van der Waals surface area contributed by atoms with Crippen molar-refractivity contribution in [3.05, 3.63) is 52.9 Å². The first-order valence-electron chi connectivity index (χ1n) is 8.84. The molecule has 144 valence electrons. The molecule has 0 spiro atoms. The van der Waals surface area contributed by atoms with Crippen LogP contribution < -0.4 is 4.74 Å². The quantitative estimate of drug-likeness (QED) is 0.510. The van der Waals surface area contributed by atoms with Gasteiger partial charge < -0.3 is 9.64 Å². The fourth-order valence-electron chi connectivity index (χ4n) is 3.57. The fourth-order valence-corrected chi connectivity index (χ4v) is 4.55. The highest BCUT2D eigenvalue weighted by Gasteiger charge is 2.40. The number of hydrogen-bond acceptors (Lipinski definition) is 4. The van der Waals surface area contributed by atoms with Gasteiger partial charge in [0, 0.05) is 29.6 Å². The van der Waals surface area contributed by atoms with Crippen LogP contribution in [-0.4, -0.2) is 41.5 Å². The highest BCUT2D eigenvalue weighted by molar-refractivity contribution is 8.13. The summed E-state index contributed by atoms with van der Waals surface area (Å²) in [7, 11) is 1.59. The molecule has 0 saturated carbocycles. The number of nitrogens with zero attached hydrogens (tertiary/aromatic N) is 3. The zero-order valence-electron chi connectivity index (χ0n) is 15.7. The molecular weight excluding hydrogens is 385 g/mol. The van der Waals surface area contributed by atoms with Gasteiger partial charge in [0.05, 0.1) is 19.0 Å². The molecule has 0 radical (unpaired) electrons. The van der Waals surface area contributed by atoms with Crippen molar-refractivity contribution in [1.82, 2.24) is 9.88 Å². The second-order valence-electron chi connectivity index (χ2n) is 6.59. The molecule has 1 aliphatic rings. The van der Waals surface area contributed by atoms with E-state index in [2.05, 4.69) is 16.8 Å². The molecule has 0 unspecified atom stereocenters. The molecule has 1 saturated heterocycles. The molecule has 0 amide bonds.